The molecule has 0 saturated carbocycles. The number of amides is 1. The molecule has 0 fully saturated rings. The minimum absolute atomic E-state index is 0.0986. The molecule has 0 aliphatic heterocycles. The van der Waals surface area contributed by atoms with Crippen molar-refractivity contribution in [2.75, 3.05) is 12.4 Å². The van der Waals surface area contributed by atoms with E-state index >= 15 is 0 Å². The number of carbonyl (C=O) groups excluding carboxylic acids is 2. The van der Waals surface area contributed by atoms with Crippen LogP contribution < -0.4 is 10.1 Å². The van der Waals surface area contributed by atoms with Gasteiger partial charge in [0.05, 0.1) is 12.8 Å². The molecular weight excluding hydrogens is 358 g/mol. The third-order valence-corrected chi connectivity index (χ3v) is 3.66. The molecule has 0 radical (unpaired) electrons. The van der Waals surface area contributed by atoms with E-state index in [4.69, 9.17) is 4.74 Å². The lowest BCUT2D eigenvalue weighted by Gasteiger charge is -2.07. The molecular formula is C18H16BrNO3. The molecule has 4 nitrogen and oxygen atoms in total. The second-order valence-electron chi connectivity index (χ2n) is 4.81. The number of ketones is 1. The van der Waals surface area contributed by atoms with Crippen LogP contribution in [-0.2, 0) is 4.79 Å². The van der Waals surface area contributed by atoms with Crippen LogP contribution >= 0.6 is 15.9 Å². The number of hydrogen-bond acceptors (Lipinski definition) is 3. The maximum atomic E-state index is 12.1. The minimum atomic E-state index is -0.319. The molecule has 2 aromatic rings. The van der Waals surface area contributed by atoms with Gasteiger partial charge in [0.25, 0.3) is 0 Å². The summed E-state index contributed by atoms with van der Waals surface area (Å²) in [6.07, 6.45) is 3.07. The number of benzene rings is 2. The number of anilines is 1. The van der Waals surface area contributed by atoms with Crippen LogP contribution in [0.25, 0.3) is 6.08 Å². The van der Waals surface area contributed by atoms with Gasteiger partial charge in [0.15, 0.2) is 5.78 Å². The van der Waals surface area contributed by atoms with Crippen LogP contribution in [0.1, 0.15) is 22.8 Å². The van der Waals surface area contributed by atoms with E-state index in [-0.39, 0.29) is 11.7 Å². The summed E-state index contributed by atoms with van der Waals surface area (Å²) in [5.74, 6) is 0.251. The first-order valence-electron chi connectivity index (χ1n) is 6.94. The van der Waals surface area contributed by atoms with Crippen LogP contribution in [0.15, 0.2) is 53.0 Å². The summed E-state index contributed by atoms with van der Waals surface area (Å²) in [7, 11) is 1.57. The van der Waals surface area contributed by atoms with E-state index < -0.39 is 0 Å². The number of ether oxygens (including phenoxy) is 1. The van der Waals surface area contributed by atoms with Gasteiger partial charge >= 0.3 is 0 Å². The van der Waals surface area contributed by atoms with E-state index in [1.54, 1.807) is 37.5 Å². The Bertz CT molecular complexity index is 769. The van der Waals surface area contributed by atoms with Gasteiger partial charge in [0, 0.05) is 21.7 Å². The topological polar surface area (TPSA) is 55.4 Å². The molecule has 0 atom stereocenters. The number of rotatable bonds is 5. The van der Waals surface area contributed by atoms with E-state index in [0.29, 0.717) is 17.0 Å². The fraction of sp³-hybridized carbons (Fsp3) is 0.111. The Labute approximate surface area is 143 Å². The second-order valence-corrected chi connectivity index (χ2v) is 5.73. The fourth-order valence-electron chi connectivity index (χ4n) is 2.07. The van der Waals surface area contributed by atoms with Gasteiger partial charge in [-0.15, -0.1) is 0 Å². The van der Waals surface area contributed by atoms with E-state index in [9.17, 15) is 9.59 Å². The summed E-state index contributed by atoms with van der Waals surface area (Å²) < 4.78 is 6.14. The maximum absolute atomic E-state index is 12.1. The summed E-state index contributed by atoms with van der Waals surface area (Å²) in [6.45, 7) is 1.47. The van der Waals surface area contributed by atoms with Gasteiger partial charge in [-0.2, -0.15) is 0 Å². The fourth-order valence-corrected chi connectivity index (χ4v) is 2.45. The van der Waals surface area contributed by atoms with E-state index in [1.165, 1.54) is 13.0 Å². The van der Waals surface area contributed by atoms with Gasteiger partial charge in [-0.1, -0.05) is 28.1 Å². The van der Waals surface area contributed by atoms with Gasteiger partial charge in [-0.05, 0) is 43.3 Å². The van der Waals surface area contributed by atoms with Crippen molar-refractivity contribution in [2.24, 2.45) is 0 Å². The predicted octanol–water partition coefficient (Wildman–Crippen LogP) is 4.31. The predicted molar refractivity (Wildman–Crippen MR) is 94.8 cm³/mol. The number of hydrogen-bond donors (Lipinski definition) is 1. The van der Waals surface area contributed by atoms with Crippen molar-refractivity contribution < 1.29 is 14.3 Å². The smallest absolute Gasteiger partial charge is 0.248 e. The molecule has 0 heterocycles. The lowest BCUT2D eigenvalue weighted by atomic mass is 10.1. The van der Waals surface area contributed by atoms with Gasteiger partial charge in [0.2, 0.25) is 5.91 Å². The first kappa shape index (κ1) is 17.0. The molecule has 0 bridgehead atoms. The first-order chi connectivity index (χ1) is 11.0. The van der Waals surface area contributed by atoms with Gasteiger partial charge in [-0.25, -0.2) is 0 Å². The highest BCUT2D eigenvalue weighted by Gasteiger charge is 2.08. The molecule has 5 heteroatoms. The van der Waals surface area contributed by atoms with Crippen LogP contribution in [0.4, 0.5) is 5.69 Å². The standard InChI is InChI=1S/C18H16BrNO3/c1-12(21)15-5-3-4-6-16(15)20-18(22)10-7-13-11-14(19)8-9-17(13)23-2/h3-11H,1-2H3,(H,20,22)/b10-7+. The van der Waals surface area contributed by atoms with Crippen molar-refractivity contribution in [3.05, 3.63) is 64.1 Å². The van der Waals surface area contributed by atoms with Gasteiger partial charge in [-0.3, -0.25) is 9.59 Å². The molecule has 118 valence electrons. The first-order valence-corrected chi connectivity index (χ1v) is 7.73. The molecule has 0 aromatic heterocycles. The van der Waals surface area contributed by atoms with E-state index in [0.717, 1.165) is 10.0 Å². The van der Waals surface area contributed by atoms with Gasteiger partial charge in [0.1, 0.15) is 5.75 Å². The summed E-state index contributed by atoms with van der Waals surface area (Å²) in [5.41, 5.74) is 1.75. The monoisotopic (exact) mass is 373 g/mol. The zero-order valence-corrected chi connectivity index (χ0v) is 14.4. The Morgan fingerprint density at radius 1 is 1.17 bits per heavy atom. The average molecular weight is 374 g/mol. The van der Waals surface area contributed by atoms with Crippen LogP contribution in [-0.4, -0.2) is 18.8 Å². The molecule has 1 amide bonds. The Hall–Kier alpha value is -2.40. The zero-order valence-electron chi connectivity index (χ0n) is 12.8. The third kappa shape index (κ3) is 4.53. The molecule has 0 aliphatic rings. The number of halogens is 1. The highest BCUT2D eigenvalue weighted by molar-refractivity contribution is 9.10. The lowest BCUT2D eigenvalue weighted by molar-refractivity contribution is -0.111. The molecule has 23 heavy (non-hydrogen) atoms. The van der Waals surface area contributed by atoms with Crippen molar-refractivity contribution in [3.63, 3.8) is 0 Å². The summed E-state index contributed by atoms with van der Waals surface area (Å²) >= 11 is 3.38. The van der Waals surface area contributed by atoms with E-state index in [1.807, 2.05) is 18.2 Å². The Morgan fingerprint density at radius 2 is 1.91 bits per heavy atom. The van der Waals surface area contributed by atoms with Crippen molar-refractivity contribution in [3.8, 4) is 5.75 Å². The number of methoxy groups -OCH3 is 1. The normalized spacial score (nSPS) is 10.6. The Morgan fingerprint density at radius 3 is 2.61 bits per heavy atom. The Balaban J connectivity index is 2.17. The quantitative estimate of drug-likeness (QED) is 0.627. The summed E-state index contributed by atoms with van der Waals surface area (Å²) in [5, 5.41) is 2.72. The third-order valence-electron chi connectivity index (χ3n) is 3.17. The lowest BCUT2D eigenvalue weighted by Crippen LogP contribution is -2.11. The molecule has 0 saturated heterocycles. The summed E-state index contributed by atoms with van der Waals surface area (Å²) in [4.78, 5) is 23.6. The van der Waals surface area contributed by atoms with Crippen LogP contribution in [0.2, 0.25) is 0 Å². The Kier molecular flexibility index (Phi) is 5.71. The average Bonchev–Trinajstić information content (AvgIpc) is 2.53. The largest absolute Gasteiger partial charge is 0.496 e. The van der Waals surface area contributed by atoms with Crippen molar-refractivity contribution in [2.45, 2.75) is 6.92 Å². The molecule has 0 spiro atoms. The van der Waals surface area contributed by atoms with Crippen LogP contribution in [0, 0.1) is 0 Å². The molecule has 0 unspecified atom stereocenters. The number of nitrogens with one attached hydrogen (secondary N) is 1. The van der Waals surface area contributed by atoms with E-state index in [2.05, 4.69) is 21.2 Å². The van der Waals surface area contributed by atoms with Crippen molar-refractivity contribution in [1.29, 1.82) is 0 Å². The molecule has 1 N–H and O–H groups in total. The number of para-hydroxylation sites is 1. The molecule has 0 aliphatic carbocycles. The maximum Gasteiger partial charge on any atom is 0.248 e. The highest BCUT2D eigenvalue weighted by atomic mass is 79.9. The number of Topliss-reactive ketones (excluding diaryl/α,β-unsaturated/α-hetero) is 1. The number of carbonyl (C=O) groups is 2. The van der Waals surface area contributed by atoms with Crippen LogP contribution in [0.3, 0.4) is 0 Å². The van der Waals surface area contributed by atoms with Gasteiger partial charge < -0.3 is 10.1 Å². The minimum Gasteiger partial charge on any atom is -0.496 e. The SMILES string of the molecule is COc1ccc(Br)cc1/C=C/C(=O)Nc1ccccc1C(C)=O. The van der Waals surface area contributed by atoms with Crippen LogP contribution in [0.5, 0.6) is 5.75 Å². The summed E-state index contributed by atoms with van der Waals surface area (Å²) in [6, 6.07) is 12.4. The molecule has 2 aromatic carbocycles. The highest BCUT2D eigenvalue weighted by Crippen LogP contribution is 2.24. The second kappa shape index (κ2) is 7.74. The van der Waals surface area contributed by atoms with Crippen molar-refractivity contribution >= 4 is 39.4 Å². The van der Waals surface area contributed by atoms with Crippen molar-refractivity contribution in [1.82, 2.24) is 0 Å². The molecule has 2 rings (SSSR count). The zero-order chi connectivity index (χ0) is 16.8.